The summed E-state index contributed by atoms with van der Waals surface area (Å²) in [5.74, 6) is 0.680. The highest BCUT2D eigenvalue weighted by Gasteiger charge is 2.16. The zero-order valence-electron chi connectivity index (χ0n) is 10.2. The molecule has 0 bridgehead atoms. The van der Waals surface area contributed by atoms with E-state index in [0.717, 1.165) is 12.6 Å². The molecule has 0 aromatic carbocycles. The second kappa shape index (κ2) is 7.12. The summed E-state index contributed by atoms with van der Waals surface area (Å²) in [6.07, 6.45) is 11.1. The zero-order chi connectivity index (χ0) is 12.7. The van der Waals surface area contributed by atoms with Crippen molar-refractivity contribution in [3.05, 3.63) is 23.6 Å². The Balaban J connectivity index is 2.49. The minimum atomic E-state index is -0.159. The van der Waals surface area contributed by atoms with Gasteiger partial charge >= 0.3 is 0 Å². The van der Waals surface area contributed by atoms with E-state index >= 15 is 0 Å². The molecule has 17 heavy (non-hydrogen) atoms. The van der Waals surface area contributed by atoms with Crippen molar-refractivity contribution in [2.75, 3.05) is 0 Å². The molecule has 1 aliphatic carbocycles. The van der Waals surface area contributed by atoms with Crippen LogP contribution < -0.4 is 11.5 Å². The van der Waals surface area contributed by atoms with E-state index in [4.69, 9.17) is 16.9 Å². The monoisotopic (exact) mass is 237 g/mol. The van der Waals surface area contributed by atoms with E-state index in [-0.39, 0.29) is 11.8 Å². The summed E-state index contributed by atoms with van der Waals surface area (Å²) in [7, 11) is 0. The molecule has 4 nitrogen and oxygen atoms in total. The van der Waals surface area contributed by atoms with Crippen molar-refractivity contribution in [1.82, 2.24) is 0 Å². The van der Waals surface area contributed by atoms with Gasteiger partial charge in [0, 0.05) is 24.0 Å². The summed E-state index contributed by atoms with van der Waals surface area (Å²) in [6, 6.07) is -0.159. The first-order valence-electron chi connectivity index (χ1n) is 6.26. The maximum absolute atomic E-state index is 9.69. The molecule has 1 saturated carbocycles. The highest BCUT2D eigenvalue weighted by molar-refractivity contribution is 5.80. The van der Waals surface area contributed by atoms with Gasteiger partial charge in [-0.3, -0.25) is 0 Å². The molecule has 0 heterocycles. The molecule has 0 radical (unpaired) electrons. The van der Waals surface area contributed by atoms with Gasteiger partial charge in [0.25, 0.3) is 0 Å². The van der Waals surface area contributed by atoms with Crippen molar-refractivity contribution in [3.63, 3.8) is 0 Å². The minimum absolute atomic E-state index is 0.00538. The fourth-order valence-electron chi connectivity index (χ4n) is 2.38. The van der Waals surface area contributed by atoms with Gasteiger partial charge in [-0.25, -0.2) is 0 Å². The lowest BCUT2D eigenvalue weighted by Gasteiger charge is -2.23. The largest absolute Gasteiger partial charge is 0.507 e. The third-order valence-electron chi connectivity index (χ3n) is 3.33. The Labute approximate surface area is 103 Å². The number of hydrogen-bond donors (Lipinski definition) is 4. The molecule has 1 unspecified atom stereocenters. The van der Waals surface area contributed by atoms with Crippen LogP contribution in [-0.2, 0) is 0 Å². The number of aliphatic hydroxyl groups is 1. The standard InChI is InChI=1S/C13H23N3O/c14-8-11(9-15)13(17)7-12(16)6-10-4-2-1-3-5-10/h7-10,12,14,17H,1-6,15-16H2/b11-9+,13-7-,14-8?. The topological polar surface area (TPSA) is 96.1 Å². The molecule has 0 amide bonds. The van der Waals surface area contributed by atoms with Crippen LogP contribution in [0.4, 0.5) is 0 Å². The third kappa shape index (κ3) is 4.61. The van der Waals surface area contributed by atoms with Gasteiger partial charge in [-0.05, 0) is 18.4 Å². The van der Waals surface area contributed by atoms with Gasteiger partial charge < -0.3 is 22.0 Å². The summed E-state index contributed by atoms with van der Waals surface area (Å²) in [5.41, 5.74) is 11.6. The lowest BCUT2D eigenvalue weighted by molar-refractivity contribution is 0.327. The van der Waals surface area contributed by atoms with Crippen LogP contribution in [0.2, 0.25) is 0 Å². The van der Waals surface area contributed by atoms with Crippen LogP contribution in [0, 0.1) is 11.3 Å². The van der Waals surface area contributed by atoms with Crippen LogP contribution in [0.25, 0.3) is 0 Å². The first-order chi connectivity index (χ1) is 8.17. The highest BCUT2D eigenvalue weighted by atomic mass is 16.3. The van der Waals surface area contributed by atoms with Crippen molar-refractivity contribution in [3.8, 4) is 0 Å². The number of nitrogens with two attached hydrogens (primary N) is 2. The van der Waals surface area contributed by atoms with Gasteiger partial charge in [0.05, 0.1) is 0 Å². The molecular formula is C13H23N3O. The smallest absolute Gasteiger partial charge is 0.123 e. The van der Waals surface area contributed by atoms with Gasteiger partial charge in [0.15, 0.2) is 0 Å². The van der Waals surface area contributed by atoms with Gasteiger partial charge in [-0.15, -0.1) is 0 Å². The van der Waals surface area contributed by atoms with Crippen LogP contribution in [0.5, 0.6) is 0 Å². The second-order valence-electron chi connectivity index (χ2n) is 4.72. The van der Waals surface area contributed by atoms with E-state index in [1.165, 1.54) is 38.3 Å². The minimum Gasteiger partial charge on any atom is -0.507 e. The van der Waals surface area contributed by atoms with Crippen LogP contribution in [0.3, 0.4) is 0 Å². The van der Waals surface area contributed by atoms with Crippen molar-refractivity contribution in [1.29, 1.82) is 5.41 Å². The number of aliphatic hydroxyl groups excluding tert-OH is 1. The Kier molecular flexibility index (Phi) is 5.77. The number of rotatable bonds is 5. The Hall–Kier alpha value is -1.29. The second-order valence-corrected chi connectivity index (χ2v) is 4.72. The van der Waals surface area contributed by atoms with Gasteiger partial charge in [-0.2, -0.15) is 0 Å². The van der Waals surface area contributed by atoms with Crippen LogP contribution in [0.15, 0.2) is 23.6 Å². The quantitative estimate of drug-likeness (QED) is 0.335. The lowest BCUT2D eigenvalue weighted by atomic mass is 9.85. The van der Waals surface area contributed by atoms with Crippen molar-refractivity contribution < 1.29 is 5.11 Å². The summed E-state index contributed by atoms with van der Waals surface area (Å²) >= 11 is 0. The maximum Gasteiger partial charge on any atom is 0.123 e. The summed E-state index contributed by atoms with van der Waals surface area (Å²) in [4.78, 5) is 0. The number of nitrogens with one attached hydrogen (secondary N) is 1. The normalized spacial score (nSPS) is 21.2. The molecule has 1 fully saturated rings. The van der Waals surface area contributed by atoms with E-state index in [1.54, 1.807) is 6.08 Å². The Morgan fingerprint density at radius 1 is 1.35 bits per heavy atom. The number of allylic oxidation sites excluding steroid dienone is 1. The van der Waals surface area contributed by atoms with Crippen LogP contribution in [0.1, 0.15) is 38.5 Å². The lowest BCUT2D eigenvalue weighted by Crippen LogP contribution is -2.23. The average molecular weight is 237 g/mol. The van der Waals surface area contributed by atoms with E-state index in [2.05, 4.69) is 0 Å². The van der Waals surface area contributed by atoms with E-state index < -0.39 is 0 Å². The molecular weight excluding hydrogens is 214 g/mol. The molecule has 0 saturated heterocycles. The summed E-state index contributed by atoms with van der Waals surface area (Å²) in [6.45, 7) is 0. The molecule has 1 aliphatic rings. The number of hydrogen-bond acceptors (Lipinski definition) is 4. The first kappa shape index (κ1) is 13.8. The third-order valence-corrected chi connectivity index (χ3v) is 3.33. The molecule has 96 valence electrons. The van der Waals surface area contributed by atoms with Crippen molar-refractivity contribution in [2.45, 2.75) is 44.6 Å². The maximum atomic E-state index is 9.69. The molecule has 0 aromatic heterocycles. The van der Waals surface area contributed by atoms with Crippen molar-refractivity contribution in [2.24, 2.45) is 17.4 Å². The molecule has 6 N–H and O–H groups in total. The molecule has 0 spiro atoms. The Morgan fingerprint density at radius 2 is 2.00 bits per heavy atom. The van der Waals surface area contributed by atoms with Crippen LogP contribution in [-0.4, -0.2) is 17.4 Å². The van der Waals surface area contributed by atoms with Gasteiger partial charge in [-0.1, -0.05) is 32.1 Å². The van der Waals surface area contributed by atoms with Crippen molar-refractivity contribution >= 4 is 6.21 Å². The first-order valence-corrected chi connectivity index (χ1v) is 6.26. The SMILES string of the molecule is N=CC(=C\N)/C(O)=C/C(N)CC1CCCCC1. The van der Waals surface area contributed by atoms with Gasteiger partial charge in [0.2, 0.25) is 0 Å². The summed E-state index contributed by atoms with van der Waals surface area (Å²) < 4.78 is 0. The Morgan fingerprint density at radius 3 is 2.53 bits per heavy atom. The molecule has 1 atom stereocenters. The fourth-order valence-corrected chi connectivity index (χ4v) is 2.38. The molecule has 4 heteroatoms. The van der Waals surface area contributed by atoms with Gasteiger partial charge in [0.1, 0.15) is 5.76 Å². The van der Waals surface area contributed by atoms with E-state index in [1.807, 2.05) is 0 Å². The summed E-state index contributed by atoms with van der Waals surface area (Å²) in [5, 5.41) is 16.8. The predicted molar refractivity (Wildman–Crippen MR) is 70.9 cm³/mol. The highest BCUT2D eigenvalue weighted by Crippen LogP contribution is 2.27. The molecule has 0 aromatic rings. The fraction of sp³-hybridized carbons (Fsp3) is 0.615. The van der Waals surface area contributed by atoms with E-state index in [9.17, 15) is 5.11 Å². The van der Waals surface area contributed by atoms with E-state index in [0.29, 0.717) is 11.5 Å². The average Bonchev–Trinajstić information content (AvgIpc) is 2.31. The Bertz CT molecular complexity index is 304. The molecule has 0 aliphatic heterocycles. The molecule has 1 rings (SSSR count). The van der Waals surface area contributed by atoms with Crippen LogP contribution >= 0.6 is 0 Å². The predicted octanol–water partition coefficient (Wildman–Crippen LogP) is 2.22. The zero-order valence-corrected chi connectivity index (χ0v) is 10.2.